The normalized spacial score (nSPS) is 10.4. The number of hydrogen-bond acceptors (Lipinski definition) is 5. The average Bonchev–Trinajstić information content (AvgIpc) is 3.01. The van der Waals surface area contributed by atoms with Crippen LogP contribution in [0.15, 0.2) is 49.3 Å². The summed E-state index contributed by atoms with van der Waals surface area (Å²) in [5.41, 5.74) is 3.10. The molecule has 6 heteroatoms. The minimum absolute atomic E-state index is 0.671. The zero-order valence-electron chi connectivity index (χ0n) is 11.1. The molecular formula is C14H14N6. The van der Waals surface area contributed by atoms with Gasteiger partial charge >= 0.3 is 0 Å². The first-order chi connectivity index (χ1) is 9.81. The SMILES string of the molecule is Cc1ccc(CNc2ccc(-n3cncn3)nc2)nc1. The summed E-state index contributed by atoms with van der Waals surface area (Å²) in [6.45, 7) is 2.70. The second-order valence-corrected chi connectivity index (χ2v) is 4.43. The monoisotopic (exact) mass is 266 g/mol. The molecule has 0 spiro atoms. The zero-order valence-corrected chi connectivity index (χ0v) is 11.1. The Labute approximate surface area is 116 Å². The largest absolute Gasteiger partial charge is 0.378 e. The van der Waals surface area contributed by atoms with Crippen molar-refractivity contribution in [3.63, 3.8) is 0 Å². The van der Waals surface area contributed by atoms with Gasteiger partial charge in [-0.1, -0.05) is 6.07 Å². The molecule has 0 atom stereocenters. The first-order valence-electron chi connectivity index (χ1n) is 6.28. The fourth-order valence-electron chi connectivity index (χ4n) is 1.75. The van der Waals surface area contributed by atoms with E-state index in [1.54, 1.807) is 17.2 Å². The number of nitrogens with zero attached hydrogens (tertiary/aromatic N) is 5. The maximum atomic E-state index is 4.35. The molecule has 0 fully saturated rings. The molecule has 3 aromatic rings. The second kappa shape index (κ2) is 5.48. The van der Waals surface area contributed by atoms with E-state index in [0.29, 0.717) is 6.54 Å². The van der Waals surface area contributed by atoms with Crippen LogP contribution in [0, 0.1) is 6.92 Å². The van der Waals surface area contributed by atoms with Crippen molar-refractivity contribution in [3.8, 4) is 5.82 Å². The lowest BCUT2D eigenvalue weighted by molar-refractivity contribution is 0.845. The Morgan fingerprint density at radius 1 is 1.10 bits per heavy atom. The molecule has 0 amide bonds. The van der Waals surface area contributed by atoms with Crippen LogP contribution < -0.4 is 5.32 Å². The summed E-state index contributed by atoms with van der Waals surface area (Å²) < 4.78 is 1.62. The summed E-state index contributed by atoms with van der Waals surface area (Å²) in [7, 11) is 0. The number of aromatic nitrogens is 5. The highest BCUT2D eigenvalue weighted by Gasteiger charge is 1.99. The summed E-state index contributed by atoms with van der Waals surface area (Å²) in [6, 6.07) is 7.91. The van der Waals surface area contributed by atoms with E-state index in [0.717, 1.165) is 22.8 Å². The molecule has 0 aliphatic rings. The number of rotatable bonds is 4. The van der Waals surface area contributed by atoms with Gasteiger partial charge in [-0.2, -0.15) is 5.10 Å². The smallest absolute Gasteiger partial charge is 0.155 e. The van der Waals surface area contributed by atoms with Gasteiger partial charge in [-0.15, -0.1) is 0 Å². The minimum Gasteiger partial charge on any atom is -0.378 e. The lowest BCUT2D eigenvalue weighted by atomic mass is 10.3. The quantitative estimate of drug-likeness (QED) is 0.782. The van der Waals surface area contributed by atoms with Gasteiger partial charge in [0.25, 0.3) is 0 Å². The van der Waals surface area contributed by atoms with Crippen LogP contribution >= 0.6 is 0 Å². The van der Waals surface area contributed by atoms with Crippen molar-refractivity contribution in [2.75, 3.05) is 5.32 Å². The Balaban J connectivity index is 1.65. The molecule has 100 valence electrons. The van der Waals surface area contributed by atoms with Crippen molar-refractivity contribution in [1.82, 2.24) is 24.7 Å². The molecule has 0 radical (unpaired) electrons. The van der Waals surface area contributed by atoms with Gasteiger partial charge in [0.15, 0.2) is 5.82 Å². The van der Waals surface area contributed by atoms with E-state index >= 15 is 0 Å². The summed E-state index contributed by atoms with van der Waals surface area (Å²) in [5, 5.41) is 7.31. The van der Waals surface area contributed by atoms with E-state index in [1.807, 2.05) is 31.3 Å². The van der Waals surface area contributed by atoms with E-state index in [9.17, 15) is 0 Å². The van der Waals surface area contributed by atoms with Crippen LogP contribution in [-0.4, -0.2) is 24.7 Å². The molecule has 0 saturated heterocycles. The fourth-order valence-corrected chi connectivity index (χ4v) is 1.75. The molecule has 3 rings (SSSR count). The van der Waals surface area contributed by atoms with Gasteiger partial charge in [0.1, 0.15) is 12.7 Å². The number of aryl methyl sites for hydroxylation is 1. The highest BCUT2D eigenvalue weighted by Crippen LogP contribution is 2.10. The van der Waals surface area contributed by atoms with Gasteiger partial charge in [-0.05, 0) is 30.7 Å². The van der Waals surface area contributed by atoms with Crippen molar-refractivity contribution >= 4 is 5.69 Å². The number of hydrogen-bond donors (Lipinski definition) is 1. The van der Waals surface area contributed by atoms with Crippen LogP contribution in [-0.2, 0) is 6.54 Å². The number of pyridine rings is 2. The fraction of sp³-hybridized carbons (Fsp3) is 0.143. The van der Waals surface area contributed by atoms with Gasteiger partial charge in [0.05, 0.1) is 24.1 Å². The maximum absolute atomic E-state index is 4.35. The Morgan fingerprint density at radius 3 is 2.70 bits per heavy atom. The van der Waals surface area contributed by atoms with Crippen LogP contribution in [0.2, 0.25) is 0 Å². The van der Waals surface area contributed by atoms with E-state index in [4.69, 9.17) is 0 Å². The topological polar surface area (TPSA) is 68.5 Å². The molecule has 0 saturated carbocycles. The van der Waals surface area contributed by atoms with Crippen LogP contribution in [0.3, 0.4) is 0 Å². The standard InChI is InChI=1S/C14H14N6/c1-11-2-3-12(16-6-11)7-17-13-4-5-14(18-8-13)20-10-15-9-19-20/h2-6,8-10,17H,7H2,1H3. The van der Waals surface area contributed by atoms with Gasteiger partial charge in [0.2, 0.25) is 0 Å². The summed E-state index contributed by atoms with van der Waals surface area (Å²) in [5.74, 6) is 0.738. The molecule has 0 bridgehead atoms. The van der Waals surface area contributed by atoms with Gasteiger partial charge in [-0.25, -0.2) is 14.6 Å². The van der Waals surface area contributed by atoms with Crippen LogP contribution in [0.25, 0.3) is 5.82 Å². The van der Waals surface area contributed by atoms with Crippen molar-refractivity contribution in [3.05, 3.63) is 60.6 Å². The highest BCUT2D eigenvalue weighted by molar-refractivity contribution is 5.43. The van der Waals surface area contributed by atoms with E-state index in [1.165, 1.54) is 6.33 Å². The molecule has 0 unspecified atom stereocenters. The second-order valence-electron chi connectivity index (χ2n) is 4.43. The van der Waals surface area contributed by atoms with Gasteiger partial charge in [0, 0.05) is 6.20 Å². The summed E-state index contributed by atoms with van der Waals surface area (Å²) in [4.78, 5) is 12.6. The van der Waals surface area contributed by atoms with E-state index in [-0.39, 0.29) is 0 Å². The van der Waals surface area contributed by atoms with Crippen molar-refractivity contribution in [2.24, 2.45) is 0 Å². The first-order valence-corrected chi connectivity index (χ1v) is 6.28. The van der Waals surface area contributed by atoms with Crippen molar-refractivity contribution in [2.45, 2.75) is 13.5 Å². The number of anilines is 1. The average molecular weight is 266 g/mol. The first kappa shape index (κ1) is 12.3. The lowest BCUT2D eigenvalue weighted by Crippen LogP contribution is -2.03. The molecular weight excluding hydrogens is 252 g/mol. The maximum Gasteiger partial charge on any atom is 0.155 e. The predicted octanol–water partition coefficient (Wildman–Crippen LogP) is 1.98. The lowest BCUT2D eigenvalue weighted by Gasteiger charge is -2.06. The third-order valence-electron chi connectivity index (χ3n) is 2.85. The Kier molecular flexibility index (Phi) is 3.36. The van der Waals surface area contributed by atoms with E-state index in [2.05, 4.69) is 31.4 Å². The van der Waals surface area contributed by atoms with Crippen LogP contribution in [0.4, 0.5) is 5.69 Å². The van der Waals surface area contributed by atoms with Gasteiger partial charge in [-0.3, -0.25) is 4.98 Å². The Bertz CT molecular complexity index is 658. The molecule has 3 heterocycles. The molecule has 0 aliphatic carbocycles. The molecule has 6 nitrogen and oxygen atoms in total. The highest BCUT2D eigenvalue weighted by atomic mass is 15.3. The molecule has 1 N–H and O–H groups in total. The van der Waals surface area contributed by atoms with E-state index < -0.39 is 0 Å². The van der Waals surface area contributed by atoms with Crippen molar-refractivity contribution in [1.29, 1.82) is 0 Å². The van der Waals surface area contributed by atoms with Crippen molar-refractivity contribution < 1.29 is 0 Å². The molecule has 20 heavy (non-hydrogen) atoms. The molecule has 3 aromatic heterocycles. The Hall–Kier alpha value is -2.76. The van der Waals surface area contributed by atoms with Crippen LogP contribution in [0.5, 0.6) is 0 Å². The number of nitrogens with one attached hydrogen (secondary N) is 1. The van der Waals surface area contributed by atoms with Crippen LogP contribution in [0.1, 0.15) is 11.3 Å². The molecule has 0 aliphatic heterocycles. The Morgan fingerprint density at radius 2 is 2.05 bits per heavy atom. The molecule has 0 aromatic carbocycles. The minimum atomic E-state index is 0.671. The summed E-state index contributed by atoms with van der Waals surface area (Å²) >= 11 is 0. The third kappa shape index (κ3) is 2.80. The zero-order chi connectivity index (χ0) is 13.8. The third-order valence-corrected chi connectivity index (χ3v) is 2.85. The van der Waals surface area contributed by atoms with Gasteiger partial charge < -0.3 is 5.32 Å². The predicted molar refractivity (Wildman–Crippen MR) is 75.5 cm³/mol. The summed E-state index contributed by atoms with van der Waals surface area (Å²) in [6.07, 6.45) is 6.73.